The molecule has 0 atom stereocenters. The average Bonchev–Trinajstić information content (AvgIpc) is 1.12. The monoisotopic (exact) mass is 193 g/mol. The summed E-state index contributed by atoms with van der Waals surface area (Å²) < 4.78 is 47.9. The molecule has 0 aromatic carbocycles. The molecule has 0 bridgehead atoms. The van der Waals surface area contributed by atoms with E-state index in [2.05, 4.69) is 0 Å². The second kappa shape index (κ2) is 6.06. The Morgan fingerprint density at radius 1 is 1.00 bits per heavy atom. The molecule has 3 N–H and O–H groups in total. The molecule has 0 aromatic rings. The number of halogens is 4. The molecule has 0 rings (SSSR count). The third-order valence-corrected chi connectivity index (χ3v) is 0. The van der Waals surface area contributed by atoms with Crippen molar-refractivity contribution in [3.8, 4) is 0 Å². The van der Waals surface area contributed by atoms with Crippen molar-refractivity contribution in [3.05, 3.63) is 0 Å². The molecule has 11 heteroatoms. The second-order valence-corrected chi connectivity index (χ2v) is 2.03. The van der Waals surface area contributed by atoms with E-state index in [-0.39, 0.29) is 18.9 Å². The number of rotatable bonds is 0. The van der Waals surface area contributed by atoms with Crippen LogP contribution in [0.1, 0.15) is 0 Å². The van der Waals surface area contributed by atoms with Crippen LogP contribution in [0.25, 0.3) is 0 Å². The topological polar surface area (TPSA) is 77.8 Å². The van der Waals surface area contributed by atoms with Crippen molar-refractivity contribution in [2.24, 2.45) is 0 Å². The Hall–Kier alpha value is 0.492. The SMILES string of the molecule is F[B-](F)(F)F.O=P(O)(O)O.[LiH]. The third-order valence-electron chi connectivity index (χ3n) is 0. The van der Waals surface area contributed by atoms with Crippen molar-refractivity contribution in [1.29, 1.82) is 0 Å². The van der Waals surface area contributed by atoms with E-state index in [4.69, 9.17) is 19.2 Å². The minimum atomic E-state index is -6.00. The van der Waals surface area contributed by atoms with Crippen LogP contribution in [0.15, 0.2) is 0 Å². The molecule has 66 valence electrons. The molecule has 0 aliphatic heterocycles. The maximum atomic E-state index is 9.75. The molecule has 0 aromatic heterocycles. The summed E-state index contributed by atoms with van der Waals surface area (Å²) in [5.41, 5.74) is 0. The molecule has 0 heterocycles. The Bertz CT molecular complexity index is 114. The molecule has 0 aliphatic rings. The standard InChI is InChI=1S/BF4.Li.H3O4P.H/c2-1(3,4)5;;1-5(2,3)4;/h;;(H3,1,2,3,4);/q-1;;;. The summed E-state index contributed by atoms with van der Waals surface area (Å²) in [6.45, 7) is 0. The van der Waals surface area contributed by atoms with E-state index >= 15 is 0 Å². The van der Waals surface area contributed by atoms with Gasteiger partial charge in [-0.05, 0) is 0 Å². The van der Waals surface area contributed by atoms with E-state index in [1.807, 2.05) is 0 Å². The Labute approximate surface area is 71.1 Å². The van der Waals surface area contributed by atoms with Gasteiger partial charge in [0, 0.05) is 0 Å². The van der Waals surface area contributed by atoms with Gasteiger partial charge in [-0.25, -0.2) is 4.57 Å². The normalized spacial score (nSPS) is 10.8. The molecule has 4 nitrogen and oxygen atoms in total. The van der Waals surface area contributed by atoms with Crippen LogP contribution in [-0.2, 0) is 4.57 Å². The van der Waals surface area contributed by atoms with E-state index in [1.54, 1.807) is 0 Å². The first-order chi connectivity index (χ1) is 4.00. The predicted octanol–water partition coefficient (Wildman–Crippen LogP) is -0.277. The molecule has 0 saturated heterocycles. The fourth-order valence-corrected chi connectivity index (χ4v) is 0. The van der Waals surface area contributed by atoms with Crippen LogP contribution in [0.4, 0.5) is 17.3 Å². The molecule has 0 amide bonds. The zero-order valence-electron chi connectivity index (χ0n) is 4.29. The van der Waals surface area contributed by atoms with Crippen LogP contribution in [-0.4, -0.2) is 40.8 Å². The first kappa shape index (κ1) is 17.5. The van der Waals surface area contributed by atoms with Crippen molar-refractivity contribution < 1.29 is 36.5 Å². The summed E-state index contributed by atoms with van der Waals surface area (Å²) in [7, 11) is -10.6. The Balaban J connectivity index is -0.000000107. The van der Waals surface area contributed by atoms with Gasteiger partial charge in [0.05, 0.1) is 0 Å². The number of phosphoric acid groups is 1. The molecular weight excluding hydrogens is 189 g/mol. The Morgan fingerprint density at radius 3 is 1.00 bits per heavy atom. The Kier molecular flexibility index (Phi) is 9.66. The summed E-state index contributed by atoms with van der Waals surface area (Å²) in [4.78, 5) is 21.6. The van der Waals surface area contributed by atoms with Crippen LogP contribution in [0.5, 0.6) is 0 Å². The second-order valence-electron chi connectivity index (χ2n) is 1.01. The zero-order chi connectivity index (χ0) is 9.00. The van der Waals surface area contributed by atoms with E-state index in [0.717, 1.165) is 0 Å². The fourth-order valence-electron chi connectivity index (χ4n) is 0. The fraction of sp³-hybridized carbons (Fsp3) is 0. The summed E-state index contributed by atoms with van der Waals surface area (Å²) in [6, 6.07) is 0. The van der Waals surface area contributed by atoms with Crippen molar-refractivity contribution >= 4 is 33.9 Å². The van der Waals surface area contributed by atoms with Gasteiger partial charge in [0.1, 0.15) is 0 Å². The van der Waals surface area contributed by atoms with Crippen LogP contribution < -0.4 is 0 Å². The average molecular weight is 193 g/mol. The summed E-state index contributed by atoms with van der Waals surface area (Å²) in [6.07, 6.45) is 0. The van der Waals surface area contributed by atoms with Gasteiger partial charge < -0.3 is 31.9 Å². The van der Waals surface area contributed by atoms with Gasteiger partial charge in [0.15, 0.2) is 0 Å². The van der Waals surface area contributed by atoms with Crippen molar-refractivity contribution in [1.82, 2.24) is 0 Å². The first-order valence-electron chi connectivity index (χ1n) is 1.66. The Morgan fingerprint density at radius 2 is 1.00 bits per heavy atom. The summed E-state index contributed by atoms with van der Waals surface area (Å²) >= 11 is 0. The number of hydrogen-bond acceptors (Lipinski definition) is 1. The first-order valence-corrected chi connectivity index (χ1v) is 3.22. The van der Waals surface area contributed by atoms with Crippen LogP contribution in [0, 0.1) is 0 Å². The minimum absolute atomic E-state index is 0. The van der Waals surface area contributed by atoms with Gasteiger partial charge in [-0.3, -0.25) is 0 Å². The van der Waals surface area contributed by atoms with Crippen LogP contribution in [0.2, 0.25) is 0 Å². The van der Waals surface area contributed by atoms with Gasteiger partial charge in [-0.2, -0.15) is 0 Å². The van der Waals surface area contributed by atoms with E-state index in [0.29, 0.717) is 0 Å². The van der Waals surface area contributed by atoms with E-state index in [1.165, 1.54) is 0 Å². The van der Waals surface area contributed by atoms with Gasteiger partial charge in [0.25, 0.3) is 0 Å². The van der Waals surface area contributed by atoms with E-state index < -0.39 is 15.1 Å². The summed E-state index contributed by atoms with van der Waals surface area (Å²) in [5, 5.41) is 0. The van der Waals surface area contributed by atoms with Gasteiger partial charge in [0.2, 0.25) is 0 Å². The number of hydrogen-bond donors (Lipinski definition) is 3. The van der Waals surface area contributed by atoms with Crippen molar-refractivity contribution in [3.63, 3.8) is 0 Å². The molecular formula is H4BF4LiO4P-. The molecule has 0 fully saturated rings. The molecule has 11 heavy (non-hydrogen) atoms. The van der Waals surface area contributed by atoms with Gasteiger partial charge >= 0.3 is 33.9 Å². The quantitative estimate of drug-likeness (QED) is 0.281. The molecule has 0 spiro atoms. The molecule has 0 unspecified atom stereocenters. The third kappa shape index (κ3) is 3120. The molecule has 0 radical (unpaired) electrons. The van der Waals surface area contributed by atoms with Crippen LogP contribution >= 0.6 is 7.82 Å². The van der Waals surface area contributed by atoms with Crippen molar-refractivity contribution in [2.45, 2.75) is 0 Å². The zero-order valence-corrected chi connectivity index (χ0v) is 5.18. The predicted molar refractivity (Wildman–Crippen MR) is 31.6 cm³/mol. The molecule has 0 aliphatic carbocycles. The maximum absolute atomic E-state index is 9.75. The summed E-state index contributed by atoms with van der Waals surface area (Å²) in [5.74, 6) is 0. The van der Waals surface area contributed by atoms with Gasteiger partial charge in [-0.1, -0.05) is 0 Å². The van der Waals surface area contributed by atoms with Crippen LogP contribution in [0.3, 0.4) is 0 Å². The van der Waals surface area contributed by atoms with Crippen molar-refractivity contribution in [2.75, 3.05) is 0 Å². The van der Waals surface area contributed by atoms with Gasteiger partial charge in [-0.15, -0.1) is 0 Å². The van der Waals surface area contributed by atoms with E-state index in [9.17, 15) is 17.3 Å². The molecule has 0 saturated carbocycles.